The first-order valence-corrected chi connectivity index (χ1v) is 20.7. The van der Waals surface area contributed by atoms with Gasteiger partial charge in [0.05, 0.1) is 23.3 Å². The van der Waals surface area contributed by atoms with Crippen LogP contribution in [0.3, 0.4) is 0 Å². The number of allylic oxidation sites excluding steroid dienone is 4. The zero-order valence-electron chi connectivity index (χ0n) is 36.5. The van der Waals surface area contributed by atoms with Crippen LogP contribution in [0, 0.1) is 25.7 Å². The predicted octanol–water partition coefficient (Wildman–Crippen LogP) is 8.90. The Morgan fingerprint density at radius 3 is 1.70 bits per heavy atom. The first kappa shape index (κ1) is 50.0. The Morgan fingerprint density at radius 2 is 1.26 bits per heavy atom. The molecule has 6 atom stereocenters. The third-order valence-corrected chi connectivity index (χ3v) is 10.4. The van der Waals surface area contributed by atoms with Gasteiger partial charge in [0.15, 0.2) is 0 Å². The summed E-state index contributed by atoms with van der Waals surface area (Å²) in [5.41, 5.74) is 13.2. The van der Waals surface area contributed by atoms with Gasteiger partial charge in [-0.2, -0.15) is 0 Å². The van der Waals surface area contributed by atoms with Crippen molar-refractivity contribution in [2.24, 2.45) is 17.0 Å². The van der Waals surface area contributed by atoms with E-state index in [1.165, 1.54) is 13.0 Å². The molecule has 0 unspecified atom stereocenters. The van der Waals surface area contributed by atoms with Gasteiger partial charge in [0, 0.05) is 51.7 Å². The zero-order chi connectivity index (χ0) is 44.6. The zero-order valence-corrected chi connectivity index (χ0v) is 36.5. The van der Waals surface area contributed by atoms with Gasteiger partial charge in [-0.05, 0) is 96.5 Å². The van der Waals surface area contributed by atoms with Crippen LogP contribution in [0.25, 0.3) is 10.4 Å². The highest BCUT2D eigenvalue weighted by Crippen LogP contribution is 2.27. The molecule has 330 valence electrons. The Morgan fingerprint density at radius 1 is 0.787 bits per heavy atom. The van der Waals surface area contributed by atoms with E-state index < -0.39 is 18.0 Å². The van der Waals surface area contributed by atoms with Crippen LogP contribution in [0.4, 0.5) is 0 Å². The largest absolute Gasteiger partial charge is 0.458 e. The Kier molecular flexibility index (Phi) is 22.5. The van der Waals surface area contributed by atoms with Gasteiger partial charge >= 0.3 is 11.9 Å². The number of hydrogen-bond acceptors (Lipinski definition) is 10. The van der Waals surface area contributed by atoms with Gasteiger partial charge < -0.3 is 33.7 Å². The van der Waals surface area contributed by atoms with Crippen molar-refractivity contribution in [3.8, 4) is 0 Å². The normalized spacial score (nSPS) is 23.4. The first-order chi connectivity index (χ1) is 29.4. The lowest BCUT2D eigenvalue weighted by molar-refractivity contribution is -0.118. The fourth-order valence-electron chi connectivity index (χ4n) is 7.09. The predicted molar refractivity (Wildman–Crippen MR) is 232 cm³/mol. The third-order valence-electron chi connectivity index (χ3n) is 10.4. The van der Waals surface area contributed by atoms with E-state index in [1.807, 2.05) is 56.3 Å². The Bertz CT molecular complexity index is 1920. The molecule has 0 bridgehead atoms. The first-order valence-electron chi connectivity index (χ1n) is 20.7. The second-order valence-corrected chi connectivity index (χ2v) is 15.2. The van der Waals surface area contributed by atoms with Crippen molar-refractivity contribution in [2.75, 3.05) is 27.8 Å². The number of carbonyl (C=O) groups excluding carboxylic acids is 4. The number of amides is 2. The van der Waals surface area contributed by atoms with E-state index in [4.69, 9.17) is 34.0 Å². The molecule has 4 rings (SSSR count). The number of aryl methyl sites for hydroxylation is 2. The smallest absolute Gasteiger partial charge is 0.338 e. The SMILES string of the molecule is COCO[C@@H]1C[C@H](C/C=C/C(=O)N=[N+]=[N-])OC(=O)c2c(C)cccc2C/C=C/C[C@@H]1C.COCO[C@@H]1C[C@H](C/C=C/NC(C)=O)OC(=O)c2c(C)cccc2C/C=C/C[C@@H]1C. The van der Waals surface area contributed by atoms with Crippen molar-refractivity contribution in [3.05, 3.63) is 129 Å². The molecule has 61 heavy (non-hydrogen) atoms. The van der Waals surface area contributed by atoms with Crippen molar-refractivity contribution >= 4 is 23.8 Å². The van der Waals surface area contributed by atoms with Crippen LogP contribution in [-0.4, -0.2) is 76.0 Å². The molecule has 0 saturated carbocycles. The van der Waals surface area contributed by atoms with Crippen LogP contribution >= 0.6 is 0 Å². The number of cyclic esters (lactones) is 2. The van der Waals surface area contributed by atoms with Crippen molar-refractivity contribution in [3.63, 3.8) is 0 Å². The number of ether oxygens (including phenoxy) is 6. The molecule has 14 nitrogen and oxygen atoms in total. The molecule has 1 N–H and O–H groups in total. The quantitative estimate of drug-likeness (QED) is 0.0412. The van der Waals surface area contributed by atoms with E-state index in [0.717, 1.165) is 35.1 Å². The molecule has 2 amide bonds. The molecule has 0 fully saturated rings. The summed E-state index contributed by atoms with van der Waals surface area (Å²) in [4.78, 5) is 51.2. The summed E-state index contributed by atoms with van der Waals surface area (Å²) in [5.74, 6) is -1.18. The van der Waals surface area contributed by atoms with Gasteiger partial charge in [-0.15, -0.1) is 0 Å². The van der Waals surface area contributed by atoms with E-state index in [9.17, 15) is 19.2 Å². The van der Waals surface area contributed by atoms with E-state index in [1.54, 1.807) is 26.5 Å². The van der Waals surface area contributed by atoms with Gasteiger partial charge in [0.2, 0.25) is 11.8 Å². The minimum absolute atomic E-state index is 0.127. The summed E-state index contributed by atoms with van der Waals surface area (Å²) >= 11 is 0. The highest BCUT2D eigenvalue weighted by atomic mass is 16.7. The molecule has 0 radical (unpaired) electrons. The van der Waals surface area contributed by atoms with Crippen LogP contribution in [0.2, 0.25) is 0 Å². The fourth-order valence-corrected chi connectivity index (χ4v) is 7.09. The monoisotopic (exact) mass is 842 g/mol. The molecule has 2 aromatic carbocycles. The number of azide groups is 1. The van der Waals surface area contributed by atoms with Crippen molar-refractivity contribution < 1.29 is 47.6 Å². The highest BCUT2D eigenvalue weighted by Gasteiger charge is 2.28. The molecule has 0 aliphatic carbocycles. The molecule has 0 spiro atoms. The molecular formula is C47H62N4O10. The summed E-state index contributed by atoms with van der Waals surface area (Å²) < 4.78 is 33.8. The molecule has 2 aromatic rings. The van der Waals surface area contributed by atoms with E-state index in [2.05, 4.69) is 53.5 Å². The minimum atomic E-state index is -0.700. The van der Waals surface area contributed by atoms with Crippen LogP contribution in [-0.2, 0) is 50.9 Å². The van der Waals surface area contributed by atoms with E-state index in [0.29, 0.717) is 43.2 Å². The van der Waals surface area contributed by atoms with Crippen molar-refractivity contribution in [1.29, 1.82) is 0 Å². The van der Waals surface area contributed by atoms with E-state index in [-0.39, 0.29) is 62.0 Å². The van der Waals surface area contributed by atoms with Crippen LogP contribution in [0.15, 0.2) is 90.2 Å². The Balaban J connectivity index is 0.000000325. The van der Waals surface area contributed by atoms with Crippen LogP contribution < -0.4 is 5.32 Å². The van der Waals surface area contributed by atoms with Crippen LogP contribution in [0.1, 0.15) is 102 Å². The summed E-state index contributed by atoms with van der Waals surface area (Å²) in [6.07, 6.45) is 18.0. The molecule has 2 heterocycles. The minimum Gasteiger partial charge on any atom is -0.458 e. The van der Waals surface area contributed by atoms with Crippen LogP contribution in [0.5, 0.6) is 0 Å². The average Bonchev–Trinajstić information content (AvgIpc) is 3.21. The number of benzene rings is 2. The maximum Gasteiger partial charge on any atom is 0.338 e. The summed E-state index contributed by atoms with van der Waals surface area (Å²) in [7, 11) is 3.15. The van der Waals surface area contributed by atoms with Gasteiger partial charge in [-0.25, -0.2) is 9.59 Å². The molecule has 0 aromatic heterocycles. The Hall–Kier alpha value is -5.37. The number of nitrogens with one attached hydrogen (secondary N) is 1. The highest BCUT2D eigenvalue weighted by molar-refractivity contribution is 5.93. The van der Waals surface area contributed by atoms with E-state index >= 15 is 0 Å². The lowest BCUT2D eigenvalue weighted by Crippen LogP contribution is -2.31. The average molecular weight is 843 g/mol. The van der Waals surface area contributed by atoms with Gasteiger partial charge in [0.25, 0.3) is 0 Å². The lowest BCUT2D eigenvalue weighted by atomic mass is 9.93. The molecule has 2 aliphatic rings. The summed E-state index contributed by atoms with van der Waals surface area (Å²) in [5, 5.41) is 5.64. The number of hydrogen-bond donors (Lipinski definition) is 1. The number of nitrogens with zero attached hydrogens (tertiary/aromatic N) is 3. The second-order valence-electron chi connectivity index (χ2n) is 15.2. The molecular weight excluding hydrogens is 781 g/mol. The molecule has 2 aliphatic heterocycles. The number of rotatable bonds is 12. The number of esters is 2. The fraction of sp³-hybridized carbons (Fsp3) is 0.489. The van der Waals surface area contributed by atoms with Gasteiger partial charge in [0.1, 0.15) is 25.8 Å². The van der Waals surface area contributed by atoms with Crippen molar-refractivity contribution in [1.82, 2.24) is 5.32 Å². The molecule has 14 heteroatoms. The number of carbonyl (C=O) groups is 4. The van der Waals surface area contributed by atoms with Crippen molar-refractivity contribution in [2.45, 2.75) is 110 Å². The molecule has 0 saturated heterocycles. The van der Waals surface area contributed by atoms with Gasteiger partial charge in [-0.3, -0.25) is 9.59 Å². The number of methoxy groups -OCH3 is 2. The summed E-state index contributed by atoms with van der Waals surface area (Å²) in [6, 6.07) is 11.6. The Labute approximate surface area is 360 Å². The second kappa shape index (κ2) is 27.5. The summed E-state index contributed by atoms with van der Waals surface area (Å²) in [6.45, 7) is 9.78. The maximum absolute atomic E-state index is 13.1. The third kappa shape index (κ3) is 17.6. The topological polar surface area (TPSA) is 184 Å². The lowest BCUT2D eigenvalue weighted by Gasteiger charge is -2.28. The maximum atomic E-state index is 13.1. The standard InChI is InChI=1S/C24H33NO5.C23H29N3O5/c1-17-9-5-6-11-20-12-7-10-18(2)23(20)24(27)30-21(13-8-14-25-19(3)26)15-22(17)29-16-28-4;1-16-8-4-5-10-18-11-6-9-17(2)22(18)23(28)31-19(14-20(16)30-15-29-3)12-7-13-21(27)25-26-24/h5-8,10,12,14,17,21-22H,9,11,13,15-16H2,1-4H3,(H,25,26);4-7,9,11,13,16,19-20H,8,10,12,14-15H2,1-3H3/b6-5+,14-8+;5-4+,13-7+/t17-,21-,22+;16-,19-,20+/m00/s1. The van der Waals surface area contributed by atoms with Gasteiger partial charge in [-0.1, -0.05) is 86.7 Å². The number of fused-ring (bicyclic) bond motifs is 2.